The van der Waals surface area contributed by atoms with Crippen LogP contribution in [0.5, 0.6) is 0 Å². The van der Waals surface area contributed by atoms with E-state index in [4.69, 9.17) is 5.10 Å². The van der Waals surface area contributed by atoms with Gasteiger partial charge < -0.3 is 0 Å². The topological polar surface area (TPSA) is 15.6 Å². The van der Waals surface area contributed by atoms with Crippen molar-refractivity contribution in [3.63, 3.8) is 0 Å². The number of nitrogens with zero attached hydrogens (tertiary/aromatic N) is 2. The minimum atomic E-state index is -0.169. The summed E-state index contributed by atoms with van der Waals surface area (Å²) in [5.74, 6) is 0. The van der Waals surface area contributed by atoms with Crippen LogP contribution in [0.3, 0.4) is 0 Å². The Balaban J connectivity index is 2.08. The molecule has 100 valence electrons. The third-order valence-corrected chi connectivity index (χ3v) is 3.82. The van der Waals surface area contributed by atoms with Crippen molar-refractivity contribution in [3.05, 3.63) is 78.5 Å². The molecule has 0 radical (unpaired) electrons. The Morgan fingerprint density at radius 1 is 0.900 bits per heavy atom. The van der Waals surface area contributed by atoms with Gasteiger partial charge in [0.25, 0.3) is 0 Å². The Morgan fingerprint density at radius 3 is 2.05 bits per heavy atom. The fourth-order valence-corrected chi connectivity index (χ4v) is 2.48. The lowest BCUT2D eigenvalue weighted by molar-refractivity contribution is 0.639. The van der Waals surface area contributed by atoms with Crippen LogP contribution < -0.4 is 5.01 Å². The van der Waals surface area contributed by atoms with Gasteiger partial charge in [0.15, 0.2) is 0 Å². The summed E-state index contributed by atoms with van der Waals surface area (Å²) in [6, 6.07) is 20.5. The Labute approximate surface area is 120 Å². The van der Waals surface area contributed by atoms with Gasteiger partial charge in [-0.05, 0) is 31.5 Å². The first-order chi connectivity index (χ1) is 9.60. The van der Waals surface area contributed by atoms with Crippen LogP contribution >= 0.6 is 0 Å². The van der Waals surface area contributed by atoms with Crippen molar-refractivity contribution in [2.24, 2.45) is 10.5 Å². The van der Waals surface area contributed by atoms with Crippen molar-refractivity contribution >= 4 is 11.4 Å². The summed E-state index contributed by atoms with van der Waals surface area (Å²) in [5, 5.41) is 6.76. The van der Waals surface area contributed by atoms with Gasteiger partial charge in [-0.15, -0.1) is 0 Å². The van der Waals surface area contributed by atoms with E-state index < -0.39 is 0 Å². The van der Waals surface area contributed by atoms with E-state index in [1.54, 1.807) is 0 Å². The van der Waals surface area contributed by atoms with E-state index in [0.29, 0.717) is 0 Å². The van der Waals surface area contributed by atoms with Gasteiger partial charge >= 0.3 is 0 Å². The Bertz CT molecular complexity index is 654. The van der Waals surface area contributed by atoms with E-state index in [1.807, 2.05) is 41.4 Å². The number of hydrazone groups is 1. The number of para-hydroxylation sites is 1. The molecular weight excluding hydrogens is 244 g/mol. The number of rotatable bonds is 2. The van der Waals surface area contributed by atoms with Gasteiger partial charge in [-0.25, -0.2) is 5.01 Å². The summed E-state index contributed by atoms with van der Waals surface area (Å²) >= 11 is 0. The van der Waals surface area contributed by atoms with Gasteiger partial charge in [0.1, 0.15) is 0 Å². The molecule has 1 heterocycles. The van der Waals surface area contributed by atoms with Crippen LogP contribution in [0.4, 0.5) is 5.69 Å². The molecular formula is C18H18N2. The summed E-state index contributed by atoms with van der Waals surface area (Å²) in [4.78, 5) is 0. The summed E-state index contributed by atoms with van der Waals surface area (Å²) in [7, 11) is 0. The van der Waals surface area contributed by atoms with Crippen LogP contribution in [0.1, 0.15) is 19.4 Å². The van der Waals surface area contributed by atoms with Gasteiger partial charge in [0.05, 0.1) is 16.8 Å². The lowest BCUT2D eigenvalue weighted by Crippen LogP contribution is -2.25. The first kappa shape index (κ1) is 12.7. The van der Waals surface area contributed by atoms with Crippen molar-refractivity contribution in [3.8, 4) is 0 Å². The number of hydrogen-bond donors (Lipinski definition) is 0. The molecule has 2 aromatic carbocycles. The molecule has 1 aliphatic heterocycles. The molecule has 0 N–H and O–H groups in total. The number of anilines is 1. The highest BCUT2D eigenvalue weighted by atomic mass is 15.5. The summed E-state index contributed by atoms with van der Waals surface area (Å²) in [6.45, 7) is 8.59. The quantitative estimate of drug-likeness (QED) is 0.780. The van der Waals surface area contributed by atoms with Crippen LogP contribution in [0.25, 0.3) is 0 Å². The second-order valence-corrected chi connectivity index (χ2v) is 5.53. The zero-order valence-electron chi connectivity index (χ0n) is 11.9. The molecule has 0 atom stereocenters. The molecule has 2 aromatic rings. The predicted molar refractivity (Wildman–Crippen MR) is 84.8 cm³/mol. The van der Waals surface area contributed by atoms with Crippen molar-refractivity contribution in [1.82, 2.24) is 0 Å². The molecule has 0 unspecified atom stereocenters. The van der Waals surface area contributed by atoms with Crippen molar-refractivity contribution in [2.75, 3.05) is 5.01 Å². The zero-order chi connectivity index (χ0) is 14.2. The molecule has 0 saturated carbocycles. The normalized spacial score (nSPS) is 17.2. The molecule has 20 heavy (non-hydrogen) atoms. The Morgan fingerprint density at radius 2 is 1.45 bits per heavy atom. The molecule has 0 aromatic heterocycles. The summed E-state index contributed by atoms with van der Waals surface area (Å²) < 4.78 is 0. The summed E-state index contributed by atoms with van der Waals surface area (Å²) in [5.41, 5.74) is 4.10. The molecule has 1 aliphatic rings. The predicted octanol–water partition coefficient (Wildman–Crippen LogP) is 4.45. The van der Waals surface area contributed by atoms with Gasteiger partial charge in [0, 0.05) is 5.70 Å². The maximum Gasteiger partial charge on any atom is 0.0801 e. The molecule has 0 spiro atoms. The van der Waals surface area contributed by atoms with Crippen LogP contribution in [-0.4, -0.2) is 5.71 Å². The van der Waals surface area contributed by atoms with Crippen molar-refractivity contribution < 1.29 is 0 Å². The lowest BCUT2D eigenvalue weighted by atomic mass is 9.82. The molecule has 0 saturated heterocycles. The fourth-order valence-electron chi connectivity index (χ4n) is 2.48. The third kappa shape index (κ3) is 1.94. The van der Waals surface area contributed by atoms with E-state index in [0.717, 1.165) is 22.7 Å². The van der Waals surface area contributed by atoms with Crippen LogP contribution in [0.15, 0.2) is 78.0 Å². The first-order valence-corrected chi connectivity index (χ1v) is 6.80. The largest absolute Gasteiger partial charge is 0.237 e. The molecule has 3 rings (SSSR count). The minimum absolute atomic E-state index is 0.169. The van der Waals surface area contributed by atoms with E-state index in [-0.39, 0.29) is 5.41 Å². The maximum atomic E-state index is 4.81. The monoisotopic (exact) mass is 262 g/mol. The first-order valence-electron chi connectivity index (χ1n) is 6.80. The number of benzene rings is 2. The standard InChI is InChI=1S/C18H18N2/c1-14-18(2,3)17(15-10-6-4-7-11-15)19-20(14)16-12-8-5-9-13-16/h4-13H,1H2,2-3H3. The van der Waals surface area contributed by atoms with Gasteiger partial charge in [-0.1, -0.05) is 55.1 Å². The van der Waals surface area contributed by atoms with Crippen molar-refractivity contribution in [1.29, 1.82) is 0 Å². The molecule has 0 fully saturated rings. The Kier molecular flexibility index (Phi) is 2.94. The van der Waals surface area contributed by atoms with Crippen LogP contribution in [0.2, 0.25) is 0 Å². The second kappa shape index (κ2) is 4.64. The highest BCUT2D eigenvalue weighted by Gasteiger charge is 2.39. The van der Waals surface area contributed by atoms with Gasteiger partial charge in [0.2, 0.25) is 0 Å². The molecule has 2 nitrogen and oxygen atoms in total. The molecule has 2 heteroatoms. The average Bonchev–Trinajstić information content (AvgIpc) is 2.72. The number of allylic oxidation sites excluding steroid dienone is 1. The molecule has 0 aliphatic carbocycles. The average molecular weight is 262 g/mol. The molecule has 0 bridgehead atoms. The second-order valence-electron chi connectivity index (χ2n) is 5.53. The van der Waals surface area contributed by atoms with E-state index in [2.05, 4.69) is 44.7 Å². The summed E-state index contributed by atoms with van der Waals surface area (Å²) in [6.07, 6.45) is 0. The zero-order valence-corrected chi connectivity index (χ0v) is 11.9. The SMILES string of the molecule is C=C1N(c2ccccc2)N=C(c2ccccc2)C1(C)C. The minimum Gasteiger partial charge on any atom is -0.237 e. The maximum absolute atomic E-state index is 4.81. The lowest BCUT2D eigenvalue weighted by Gasteiger charge is -2.24. The van der Waals surface area contributed by atoms with Crippen LogP contribution in [-0.2, 0) is 0 Å². The molecule has 0 amide bonds. The van der Waals surface area contributed by atoms with Gasteiger partial charge in [-0.3, -0.25) is 0 Å². The Hall–Kier alpha value is -2.35. The van der Waals surface area contributed by atoms with E-state index in [9.17, 15) is 0 Å². The third-order valence-electron chi connectivity index (χ3n) is 3.82. The highest BCUT2D eigenvalue weighted by Crippen LogP contribution is 2.40. The van der Waals surface area contributed by atoms with Gasteiger partial charge in [-0.2, -0.15) is 5.10 Å². The van der Waals surface area contributed by atoms with Crippen LogP contribution in [0, 0.1) is 5.41 Å². The van der Waals surface area contributed by atoms with E-state index in [1.165, 1.54) is 0 Å². The number of hydrogen-bond acceptors (Lipinski definition) is 2. The highest BCUT2D eigenvalue weighted by molar-refractivity contribution is 6.09. The van der Waals surface area contributed by atoms with Crippen molar-refractivity contribution in [2.45, 2.75) is 13.8 Å². The fraction of sp³-hybridized carbons (Fsp3) is 0.167. The smallest absolute Gasteiger partial charge is 0.0801 e. The van der Waals surface area contributed by atoms with E-state index >= 15 is 0 Å².